The van der Waals surface area contributed by atoms with Gasteiger partial charge in [-0.1, -0.05) is 60.7 Å². The third-order valence-corrected chi connectivity index (χ3v) is 4.10. The molecule has 0 fully saturated rings. The molecule has 4 nitrogen and oxygen atoms in total. The average molecular weight is 362 g/mol. The van der Waals surface area contributed by atoms with Gasteiger partial charge in [-0.25, -0.2) is 4.79 Å². The molecule has 0 aliphatic heterocycles. The number of hydrogen-bond acceptors (Lipinski definition) is 4. The lowest BCUT2D eigenvalue weighted by atomic mass is 10.1. The highest BCUT2D eigenvalue weighted by Gasteiger charge is 2.14. The van der Waals surface area contributed by atoms with E-state index in [-0.39, 0.29) is 0 Å². The highest BCUT2D eigenvalue weighted by atomic mass is 16.5. The summed E-state index contributed by atoms with van der Waals surface area (Å²) in [7, 11) is 1.36. The largest absolute Gasteiger partial charge is 0.492 e. The van der Waals surface area contributed by atoms with Crippen LogP contribution < -0.4 is 9.47 Å². The van der Waals surface area contributed by atoms with E-state index in [1.807, 2.05) is 60.7 Å². The molecule has 0 unspecified atom stereocenters. The molecule has 0 saturated carbocycles. The van der Waals surface area contributed by atoms with Gasteiger partial charge in [0.25, 0.3) is 0 Å². The minimum absolute atomic E-state index is 0.387. The second kappa shape index (κ2) is 9.43. The molecular formula is C23H22O4. The minimum Gasteiger partial charge on any atom is -0.492 e. The summed E-state index contributed by atoms with van der Waals surface area (Å²) in [5.41, 5.74) is 2.63. The predicted octanol–water partition coefficient (Wildman–Crippen LogP) is 4.67. The molecule has 0 N–H and O–H groups in total. The molecule has 0 aromatic heterocycles. The summed E-state index contributed by atoms with van der Waals surface area (Å²) in [6.07, 6.45) is 0.747. The third kappa shape index (κ3) is 5.35. The maximum Gasteiger partial charge on any atom is 0.341 e. The van der Waals surface area contributed by atoms with E-state index in [0.717, 1.165) is 12.0 Å². The first-order valence-electron chi connectivity index (χ1n) is 8.82. The van der Waals surface area contributed by atoms with Crippen molar-refractivity contribution in [1.82, 2.24) is 0 Å². The topological polar surface area (TPSA) is 44.8 Å². The number of carbonyl (C=O) groups is 1. The predicted molar refractivity (Wildman–Crippen MR) is 104 cm³/mol. The Morgan fingerprint density at radius 1 is 0.815 bits per heavy atom. The van der Waals surface area contributed by atoms with Gasteiger partial charge in [-0.3, -0.25) is 0 Å². The van der Waals surface area contributed by atoms with Crippen LogP contribution in [0.4, 0.5) is 0 Å². The molecule has 0 heterocycles. The lowest BCUT2D eigenvalue weighted by Crippen LogP contribution is -2.08. The molecule has 0 amide bonds. The zero-order valence-corrected chi connectivity index (χ0v) is 15.3. The van der Waals surface area contributed by atoms with Crippen LogP contribution in [0.5, 0.6) is 11.5 Å². The second-order valence-corrected chi connectivity index (χ2v) is 6.01. The van der Waals surface area contributed by atoms with Gasteiger partial charge in [0.05, 0.1) is 13.7 Å². The molecule has 0 aliphatic carbocycles. The molecule has 0 spiro atoms. The van der Waals surface area contributed by atoms with E-state index in [2.05, 4.69) is 0 Å². The van der Waals surface area contributed by atoms with Gasteiger partial charge in [0.1, 0.15) is 23.7 Å². The molecule has 0 saturated heterocycles. The minimum atomic E-state index is -0.431. The zero-order valence-electron chi connectivity index (χ0n) is 15.3. The van der Waals surface area contributed by atoms with Gasteiger partial charge in [0, 0.05) is 12.5 Å². The summed E-state index contributed by atoms with van der Waals surface area (Å²) >= 11 is 0. The van der Waals surface area contributed by atoms with Crippen LogP contribution >= 0.6 is 0 Å². The van der Waals surface area contributed by atoms with E-state index in [4.69, 9.17) is 14.2 Å². The molecule has 0 radical (unpaired) electrons. The SMILES string of the molecule is COC(=O)c1ccc(OCc2ccccc2)cc1OCCc1ccccc1. The molecule has 0 aliphatic rings. The Morgan fingerprint density at radius 2 is 1.48 bits per heavy atom. The van der Waals surface area contributed by atoms with Crippen LogP contribution in [0.25, 0.3) is 0 Å². The standard InChI is InChI=1S/C23H22O4/c1-25-23(24)21-13-12-20(27-17-19-10-6-3-7-11-19)16-22(21)26-15-14-18-8-4-2-5-9-18/h2-13,16H,14-15,17H2,1H3. The second-order valence-electron chi connectivity index (χ2n) is 6.01. The van der Waals surface area contributed by atoms with Crippen LogP contribution in [-0.2, 0) is 17.8 Å². The zero-order chi connectivity index (χ0) is 18.9. The Bertz CT molecular complexity index is 860. The quantitative estimate of drug-likeness (QED) is 0.546. The molecule has 3 rings (SSSR count). The number of carbonyl (C=O) groups excluding carboxylic acids is 1. The van der Waals surface area contributed by atoms with Gasteiger partial charge in [0.2, 0.25) is 0 Å². The smallest absolute Gasteiger partial charge is 0.341 e. The average Bonchev–Trinajstić information content (AvgIpc) is 2.73. The summed E-state index contributed by atoms with van der Waals surface area (Å²) < 4.78 is 16.6. The summed E-state index contributed by atoms with van der Waals surface area (Å²) in [5, 5.41) is 0. The van der Waals surface area contributed by atoms with E-state index < -0.39 is 5.97 Å². The van der Waals surface area contributed by atoms with Gasteiger partial charge < -0.3 is 14.2 Å². The van der Waals surface area contributed by atoms with Crippen molar-refractivity contribution < 1.29 is 19.0 Å². The van der Waals surface area contributed by atoms with Crippen molar-refractivity contribution in [3.63, 3.8) is 0 Å². The highest BCUT2D eigenvalue weighted by molar-refractivity contribution is 5.92. The number of benzene rings is 3. The van der Waals surface area contributed by atoms with Gasteiger partial charge in [0.15, 0.2) is 0 Å². The van der Waals surface area contributed by atoms with Gasteiger partial charge >= 0.3 is 5.97 Å². The van der Waals surface area contributed by atoms with Crippen LogP contribution in [0, 0.1) is 0 Å². The molecular weight excluding hydrogens is 340 g/mol. The van der Waals surface area contributed by atoms with Crippen molar-refractivity contribution in [2.24, 2.45) is 0 Å². The van der Waals surface area contributed by atoms with E-state index >= 15 is 0 Å². The molecule has 4 heteroatoms. The lowest BCUT2D eigenvalue weighted by Gasteiger charge is -2.13. The van der Waals surface area contributed by atoms with Crippen LogP contribution in [0.2, 0.25) is 0 Å². The molecule has 3 aromatic carbocycles. The fourth-order valence-electron chi connectivity index (χ4n) is 2.65. The Kier molecular flexibility index (Phi) is 6.47. The van der Waals surface area contributed by atoms with Crippen molar-refractivity contribution in [2.75, 3.05) is 13.7 Å². The van der Waals surface area contributed by atoms with E-state index in [1.54, 1.807) is 18.2 Å². The van der Waals surface area contributed by atoms with E-state index in [1.165, 1.54) is 12.7 Å². The molecule has 0 bridgehead atoms. The summed E-state index contributed by atoms with van der Waals surface area (Å²) in [5.74, 6) is 0.670. The summed E-state index contributed by atoms with van der Waals surface area (Å²) in [6.45, 7) is 0.901. The Balaban J connectivity index is 1.69. The van der Waals surface area contributed by atoms with Crippen LogP contribution in [0.1, 0.15) is 21.5 Å². The molecule has 0 atom stereocenters. The number of ether oxygens (including phenoxy) is 3. The van der Waals surface area contributed by atoms with Crippen LogP contribution in [-0.4, -0.2) is 19.7 Å². The molecule has 138 valence electrons. The molecule has 27 heavy (non-hydrogen) atoms. The lowest BCUT2D eigenvalue weighted by molar-refractivity contribution is 0.0596. The maximum absolute atomic E-state index is 12.0. The summed E-state index contributed by atoms with van der Waals surface area (Å²) in [6, 6.07) is 25.1. The van der Waals surface area contributed by atoms with Crippen molar-refractivity contribution in [1.29, 1.82) is 0 Å². The van der Waals surface area contributed by atoms with Crippen molar-refractivity contribution >= 4 is 5.97 Å². The fraction of sp³-hybridized carbons (Fsp3) is 0.174. The Labute approximate surface area is 159 Å². The van der Waals surface area contributed by atoms with Gasteiger partial charge in [-0.2, -0.15) is 0 Å². The maximum atomic E-state index is 12.0. The third-order valence-electron chi connectivity index (χ3n) is 4.10. The monoisotopic (exact) mass is 362 g/mol. The van der Waals surface area contributed by atoms with E-state index in [0.29, 0.717) is 30.3 Å². The molecule has 3 aromatic rings. The summed E-state index contributed by atoms with van der Waals surface area (Å²) in [4.78, 5) is 12.0. The van der Waals surface area contributed by atoms with Crippen molar-refractivity contribution in [3.05, 3.63) is 95.6 Å². The fourth-order valence-corrected chi connectivity index (χ4v) is 2.65. The first kappa shape index (κ1) is 18.5. The van der Waals surface area contributed by atoms with Crippen molar-refractivity contribution in [2.45, 2.75) is 13.0 Å². The van der Waals surface area contributed by atoms with Gasteiger partial charge in [-0.15, -0.1) is 0 Å². The number of hydrogen-bond donors (Lipinski definition) is 0. The number of esters is 1. The number of methoxy groups -OCH3 is 1. The van der Waals surface area contributed by atoms with Crippen LogP contribution in [0.15, 0.2) is 78.9 Å². The first-order valence-corrected chi connectivity index (χ1v) is 8.82. The van der Waals surface area contributed by atoms with Gasteiger partial charge in [-0.05, 0) is 23.3 Å². The first-order chi connectivity index (χ1) is 13.3. The van der Waals surface area contributed by atoms with Crippen LogP contribution in [0.3, 0.4) is 0 Å². The van der Waals surface area contributed by atoms with Crippen molar-refractivity contribution in [3.8, 4) is 11.5 Å². The normalized spacial score (nSPS) is 10.3. The number of rotatable bonds is 8. The Morgan fingerprint density at radius 3 is 2.15 bits per heavy atom. The highest BCUT2D eigenvalue weighted by Crippen LogP contribution is 2.26. The Hall–Kier alpha value is -3.27. The van der Waals surface area contributed by atoms with E-state index in [9.17, 15) is 4.79 Å².